The van der Waals surface area contributed by atoms with Gasteiger partial charge in [-0.05, 0) is 167 Å². The zero-order valence-electron chi connectivity index (χ0n) is 53.2. The van der Waals surface area contributed by atoms with E-state index in [2.05, 4.69) is 324 Å². The van der Waals surface area contributed by atoms with E-state index in [-0.39, 0.29) is 27.4 Å². The summed E-state index contributed by atoms with van der Waals surface area (Å²) in [6, 6.07) is 82.2. The average molecular weight is 1150 g/mol. The predicted octanol–water partition coefficient (Wildman–Crippen LogP) is 22.3. The summed E-state index contributed by atoms with van der Waals surface area (Å²) in [6.45, 7) is 27.0. The van der Waals surface area contributed by atoms with E-state index in [4.69, 9.17) is 9.97 Å². The van der Waals surface area contributed by atoms with Crippen molar-refractivity contribution in [1.82, 2.24) is 19.1 Å². The van der Waals surface area contributed by atoms with Crippen LogP contribution in [0.15, 0.2) is 231 Å². The van der Waals surface area contributed by atoms with Crippen LogP contribution in [0.25, 0.3) is 128 Å². The van der Waals surface area contributed by atoms with Crippen molar-refractivity contribution in [2.75, 3.05) is 0 Å². The number of rotatable bonds is 9. The Bertz CT molecular complexity index is 4820. The molecule has 5 heteroatoms. The second-order valence-corrected chi connectivity index (χ2v) is 28.2. The quantitative estimate of drug-likeness (QED) is 0.157. The first kappa shape index (κ1) is 57.5. The lowest BCUT2D eigenvalue weighted by Gasteiger charge is -2.27. The van der Waals surface area contributed by atoms with Gasteiger partial charge in [-0.25, -0.2) is 4.98 Å². The van der Waals surface area contributed by atoms with Crippen LogP contribution in [0.2, 0.25) is 0 Å². The number of nitrogens with zero attached hydrogens (tertiary/aromatic N) is 4. The first-order valence-electron chi connectivity index (χ1n) is 31.0. The molecule has 0 amide bonds. The van der Waals surface area contributed by atoms with E-state index in [0.717, 1.165) is 117 Å². The molecule has 0 atom stereocenters. The van der Waals surface area contributed by atoms with Gasteiger partial charge < -0.3 is 14.2 Å². The third-order valence-electron chi connectivity index (χ3n) is 17.9. The van der Waals surface area contributed by atoms with Gasteiger partial charge in [-0.15, -0.1) is 0 Å². The topological polar surface area (TPSA) is 55.9 Å². The molecule has 0 fully saturated rings. The van der Waals surface area contributed by atoms with Crippen molar-refractivity contribution in [3.63, 3.8) is 0 Å². The van der Waals surface area contributed by atoms with Crippen LogP contribution in [0.4, 0.5) is 0 Å². The third-order valence-corrected chi connectivity index (χ3v) is 17.9. The molecular formula is C83H78N4O. The molecule has 5 nitrogen and oxygen atoms in total. The van der Waals surface area contributed by atoms with E-state index in [0.29, 0.717) is 11.4 Å². The Morgan fingerprint density at radius 1 is 0.352 bits per heavy atom. The summed E-state index contributed by atoms with van der Waals surface area (Å²) < 4.78 is 4.62. The molecule has 1 N–H and O–H groups in total. The van der Waals surface area contributed by atoms with Crippen molar-refractivity contribution < 1.29 is 5.11 Å². The Morgan fingerprint density at radius 3 is 1.47 bits per heavy atom. The average Bonchev–Trinajstić information content (AvgIpc) is 2.01. The number of imidazole rings is 1. The number of benzene rings is 10. The summed E-state index contributed by atoms with van der Waals surface area (Å²) in [5, 5.41) is 15.0. The predicted molar refractivity (Wildman–Crippen MR) is 373 cm³/mol. The van der Waals surface area contributed by atoms with Crippen LogP contribution in [0.5, 0.6) is 5.75 Å². The smallest absolute Gasteiger partial charge is 0.144 e. The van der Waals surface area contributed by atoms with Crippen molar-refractivity contribution in [2.24, 2.45) is 7.05 Å². The molecule has 0 saturated heterocycles. The molecule has 0 radical (unpaired) electrons. The number of fused-ring (bicyclic) bond motifs is 4. The molecule has 10 aromatic carbocycles. The number of aromatic nitrogens is 4. The van der Waals surface area contributed by atoms with Gasteiger partial charge in [0.05, 0.1) is 33.3 Å². The van der Waals surface area contributed by atoms with Crippen molar-refractivity contribution in [3.05, 3.63) is 253 Å². The zero-order chi connectivity index (χ0) is 61.6. The van der Waals surface area contributed by atoms with Crippen LogP contribution in [0.1, 0.15) is 105 Å². The molecule has 0 aliphatic heterocycles. The molecule has 436 valence electrons. The van der Waals surface area contributed by atoms with Crippen LogP contribution in [-0.4, -0.2) is 24.2 Å². The minimum absolute atomic E-state index is 0.122. The lowest BCUT2D eigenvalue weighted by atomic mass is 9.79. The van der Waals surface area contributed by atoms with Crippen LogP contribution < -0.4 is 0 Å². The molecule has 3 heterocycles. The van der Waals surface area contributed by atoms with Gasteiger partial charge in [0.25, 0.3) is 0 Å². The van der Waals surface area contributed by atoms with Gasteiger partial charge in [-0.3, -0.25) is 4.98 Å². The van der Waals surface area contributed by atoms with Crippen molar-refractivity contribution in [2.45, 2.75) is 105 Å². The first-order chi connectivity index (χ1) is 42.0. The van der Waals surface area contributed by atoms with Crippen molar-refractivity contribution in [1.29, 1.82) is 0 Å². The van der Waals surface area contributed by atoms with Gasteiger partial charge in [0.1, 0.15) is 11.6 Å². The van der Waals surface area contributed by atoms with Crippen LogP contribution >= 0.6 is 0 Å². The lowest BCUT2D eigenvalue weighted by Crippen LogP contribution is -2.17. The number of aromatic hydroxyl groups is 1. The number of phenolic OH excluding ortho intramolecular Hbond substituents is 1. The minimum Gasteiger partial charge on any atom is -0.507 e. The Kier molecular flexibility index (Phi) is 14.2. The zero-order valence-corrected chi connectivity index (χ0v) is 53.2. The summed E-state index contributed by atoms with van der Waals surface area (Å²) in [6.07, 6.45) is 1.97. The molecule has 88 heavy (non-hydrogen) atoms. The van der Waals surface area contributed by atoms with Crippen LogP contribution in [-0.2, 0) is 28.7 Å². The monoisotopic (exact) mass is 1150 g/mol. The Labute approximate surface area is 519 Å². The fourth-order valence-electron chi connectivity index (χ4n) is 12.9. The highest BCUT2D eigenvalue weighted by molar-refractivity contribution is 6.14. The maximum absolute atomic E-state index is 12.6. The van der Waals surface area contributed by atoms with E-state index in [1.165, 1.54) is 21.9 Å². The fraction of sp³-hybridized carbons (Fsp3) is 0.205. The standard InChI is InChI=1S/C83H78N4O/c1-80(2,3)59-36-38-63(52-26-17-14-18-27-52)68(48-59)55-42-56(44-58(43-55)73-46-54(40-41-84-73)65-33-25-34-67-66-32-23-24-35-74(66)87(77(65)67)62-30-21-16-22-31-62)70-45-57(69-49-60(81(4,5)6)37-39-64(69)53-28-19-15-20-29-53)47-75-76(70)85-79(86(75)13)71-50-61(82(7,8)9)51-72(78(71)88)83(10,11)12/h14-51,88H,1-13H3. The number of para-hydroxylation sites is 3. The highest BCUT2D eigenvalue weighted by Gasteiger charge is 2.30. The molecule has 3 aromatic heterocycles. The molecule has 0 aliphatic rings. The first-order valence-corrected chi connectivity index (χ1v) is 31.0. The molecule has 0 saturated carbocycles. The molecule has 13 rings (SSSR count). The van der Waals surface area contributed by atoms with Crippen LogP contribution in [0.3, 0.4) is 0 Å². The highest BCUT2D eigenvalue weighted by atomic mass is 16.3. The van der Waals surface area contributed by atoms with Gasteiger partial charge in [-0.2, -0.15) is 0 Å². The summed E-state index contributed by atoms with van der Waals surface area (Å²) in [5.41, 5.74) is 24.6. The second-order valence-electron chi connectivity index (χ2n) is 28.2. The van der Waals surface area contributed by atoms with Crippen molar-refractivity contribution in [3.8, 4) is 101 Å². The number of pyridine rings is 1. The lowest BCUT2D eigenvalue weighted by molar-refractivity contribution is 0.446. The van der Waals surface area contributed by atoms with Gasteiger partial charge >= 0.3 is 0 Å². The van der Waals surface area contributed by atoms with E-state index in [1.54, 1.807) is 0 Å². The Balaban J connectivity index is 1.13. The van der Waals surface area contributed by atoms with E-state index >= 15 is 0 Å². The van der Waals surface area contributed by atoms with E-state index < -0.39 is 0 Å². The van der Waals surface area contributed by atoms with Crippen LogP contribution in [0, 0.1) is 0 Å². The van der Waals surface area contributed by atoms with E-state index in [9.17, 15) is 5.11 Å². The van der Waals surface area contributed by atoms with E-state index in [1.807, 2.05) is 6.20 Å². The number of phenols is 1. The molecular weight excluding hydrogens is 1070 g/mol. The van der Waals surface area contributed by atoms with Gasteiger partial charge in [-0.1, -0.05) is 235 Å². The second kappa shape index (κ2) is 21.7. The molecule has 0 spiro atoms. The Morgan fingerprint density at radius 2 is 0.875 bits per heavy atom. The molecule has 0 bridgehead atoms. The maximum atomic E-state index is 12.6. The number of hydrogen-bond acceptors (Lipinski definition) is 3. The SMILES string of the molecule is Cn1c(-c2cc(C(C)(C)C)cc(C(C)(C)C)c2O)nc2c(-c3cc(-c4cc(-c5cccc6c7ccccc7n(-c7ccccc7)c56)ccn4)cc(-c4cc(C(C)(C)C)ccc4-c4ccccc4)c3)cc(-c3cc(C(C)(C)C)ccc3-c3ccccc3)cc21. The summed E-state index contributed by atoms with van der Waals surface area (Å²) in [4.78, 5) is 11.1. The number of hydrogen-bond donors (Lipinski definition) is 1. The normalized spacial score (nSPS) is 12.4. The number of aryl methyl sites for hydroxylation is 1. The van der Waals surface area contributed by atoms with Gasteiger partial charge in [0.15, 0.2) is 0 Å². The molecule has 0 unspecified atom stereocenters. The highest BCUT2D eigenvalue weighted by Crippen LogP contribution is 2.48. The molecule has 0 aliphatic carbocycles. The molecule has 13 aromatic rings. The summed E-state index contributed by atoms with van der Waals surface area (Å²) in [5.74, 6) is 0.957. The third kappa shape index (κ3) is 10.5. The van der Waals surface area contributed by atoms with Gasteiger partial charge in [0, 0.05) is 52.0 Å². The fourth-order valence-corrected chi connectivity index (χ4v) is 12.9. The summed E-state index contributed by atoms with van der Waals surface area (Å²) >= 11 is 0. The van der Waals surface area contributed by atoms with Crippen molar-refractivity contribution >= 4 is 32.8 Å². The Hall–Kier alpha value is -9.58. The minimum atomic E-state index is -0.340. The largest absolute Gasteiger partial charge is 0.507 e. The summed E-state index contributed by atoms with van der Waals surface area (Å²) in [7, 11) is 2.11. The maximum Gasteiger partial charge on any atom is 0.144 e. The van der Waals surface area contributed by atoms with Gasteiger partial charge in [0.2, 0.25) is 0 Å².